The average molecular weight is 548 g/mol. The van der Waals surface area contributed by atoms with Gasteiger partial charge in [-0.2, -0.15) is 47.5 Å². The second kappa shape index (κ2) is 11.2. The van der Waals surface area contributed by atoms with Gasteiger partial charge in [0.2, 0.25) is 0 Å². The molecule has 1 aliphatic rings. The molecule has 0 nitrogen and oxygen atoms in total. The summed E-state index contributed by atoms with van der Waals surface area (Å²) in [6.07, 6.45) is 1.03. The molecule has 1 aliphatic carbocycles. The van der Waals surface area contributed by atoms with E-state index < -0.39 is 8.07 Å². The van der Waals surface area contributed by atoms with Crippen LogP contribution in [0.3, 0.4) is 0 Å². The van der Waals surface area contributed by atoms with Gasteiger partial charge in [0.15, 0.2) is 0 Å². The van der Waals surface area contributed by atoms with Gasteiger partial charge in [0.1, 0.15) is 0 Å². The molecular weight excluding hydrogens is 504 g/mol. The fourth-order valence-corrected chi connectivity index (χ4v) is 5.05. The van der Waals surface area contributed by atoms with Crippen LogP contribution in [-0.4, -0.2) is 11.3 Å². The molecule has 0 amide bonds. The second-order valence-electron chi connectivity index (χ2n) is 12.8. The summed E-state index contributed by atoms with van der Waals surface area (Å²) in [5, 5.41) is 1.56. The van der Waals surface area contributed by atoms with Gasteiger partial charge >= 0.3 is 41.3 Å². The Morgan fingerprint density at radius 2 is 1.44 bits per heavy atom. The predicted molar refractivity (Wildman–Crippen MR) is 152 cm³/mol. The largest absolute Gasteiger partial charge is 0.212 e. The van der Waals surface area contributed by atoms with Gasteiger partial charge < -0.3 is 0 Å². The summed E-state index contributed by atoms with van der Waals surface area (Å²) >= 11 is 1.55. The first-order valence-corrected chi connectivity index (χ1v) is 17.2. The summed E-state index contributed by atoms with van der Waals surface area (Å²) in [6.45, 7) is 25.0. The van der Waals surface area contributed by atoms with Crippen molar-refractivity contribution in [1.29, 1.82) is 0 Å². The number of hydrogen-bond acceptors (Lipinski definition) is 0. The zero-order valence-corrected chi connectivity index (χ0v) is 26.9. The van der Waals surface area contributed by atoms with Crippen LogP contribution in [0.4, 0.5) is 0 Å². The molecule has 180 valence electrons. The van der Waals surface area contributed by atoms with E-state index in [4.69, 9.17) is 0 Å². The van der Waals surface area contributed by atoms with Crippen LogP contribution in [0.5, 0.6) is 0 Å². The van der Waals surface area contributed by atoms with E-state index in [2.05, 4.69) is 136 Å². The van der Waals surface area contributed by atoms with Crippen molar-refractivity contribution in [1.82, 2.24) is 0 Å². The molecule has 0 N–H and O–H groups in total. The van der Waals surface area contributed by atoms with E-state index in [0.29, 0.717) is 0 Å². The smallest absolute Gasteiger partial charge is 0.00392 e. The Balaban J connectivity index is 0.000000260. The SMILES string of the molecule is CC(C)(C)c1c[c-]c2c(c1)-c1cc(C(C)(C)C)ccc1C2.C[C](C)=[Zr+2].C[Si](C)(C)c1cc[cH-]c1. The minimum absolute atomic E-state index is 0.177. The number of benzene rings is 2. The fourth-order valence-electron chi connectivity index (χ4n) is 3.86. The third-order valence-corrected chi connectivity index (χ3v) is 8.12. The van der Waals surface area contributed by atoms with Crippen molar-refractivity contribution in [2.24, 2.45) is 0 Å². The van der Waals surface area contributed by atoms with Crippen LogP contribution in [0.25, 0.3) is 11.1 Å². The maximum Gasteiger partial charge on any atom is 0.00392 e. The first-order chi connectivity index (χ1) is 15.5. The Hall–Kier alpha value is -1.24. The minimum atomic E-state index is -0.981. The Kier molecular flexibility index (Phi) is 9.57. The van der Waals surface area contributed by atoms with Crippen molar-refractivity contribution in [3.63, 3.8) is 0 Å². The summed E-state index contributed by atoms with van der Waals surface area (Å²) in [6, 6.07) is 23.8. The molecule has 0 saturated carbocycles. The summed E-state index contributed by atoms with van der Waals surface area (Å²) in [5.74, 6) is 0. The van der Waals surface area contributed by atoms with E-state index in [9.17, 15) is 0 Å². The third-order valence-electron chi connectivity index (χ3n) is 6.05. The Morgan fingerprint density at radius 3 is 1.88 bits per heavy atom. The molecule has 0 aliphatic heterocycles. The summed E-state index contributed by atoms with van der Waals surface area (Å²) < 4.78 is 1.51. The second-order valence-corrected chi connectivity index (χ2v) is 20.3. The van der Waals surface area contributed by atoms with Gasteiger partial charge in [-0.25, -0.2) is 11.3 Å². The minimum Gasteiger partial charge on any atom is -0.212 e. The average Bonchev–Trinajstić information content (AvgIpc) is 3.33. The molecule has 0 saturated heterocycles. The Morgan fingerprint density at radius 1 is 0.882 bits per heavy atom. The van der Waals surface area contributed by atoms with Gasteiger partial charge in [0, 0.05) is 8.07 Å². The van der Waals surface area contributed by atoms with E-state index in [1.165, 1.54) is 36.6 Å². The molecule has 0 spiro atoms. The van der Waals surface area contributed by atoms with Crippen molar-refractivity contribution in [2.75, 3.05) is 0 Å². The topological polar surface area (TPSA) is 0 Å². The van der Waals surface area contributed by atoms with E-state index in [0.717, 1.165) is 6.42 Å². The van der Waals surface area contributed by atoms with Crippen LogP contribution in [0.1, 0.15) is 77.6 Å². The van der Waals surface area contributed by atoms with Crippen LogP contribution in [0, 0.1) is 6.07 Å². The maximum atomic E-state index is 3.53. The Bertz CT molecular complexity index is 1030. The molecule has 2 heteroatoms. The predicted octanol–water partition coefficient (Wildman–Crippen LogP) is 8.35. The first kappa shape index (κ1) is 29.0. The molecule has 0 aromatic heterocycles. The number of fused-ring (bicyclic) bond motifs is 3. The molecule has 3 aromatic rings. The van der Waals surface area contributed by atoms with Crippen LogP contribution >= 0.6 is 0 Å². The van der Waals surface area contributed by atoms with Crippen molar-refractivity contribution in [3.05, 3.63) is 82.9 Å². The molecule has 0 unspecified atom stereocenters. The maximum absolute atomic E-state index is 3.53. The monoisotopic (exact) mass is 546 g/mol. The normalized spacial score (nSPS) is 12.6. The molecule has 0 bridgehead atoms. The standard InChI is InChI=1S/C21H25.C8H13Si.C3H6.Zr/c1-20(2,3)16-9-7-14-11-15-8-10-17(21(4,5)6)13-19(15)18(14)12-16;1-9(2,3)8-6-4-5-7-8;1-3-2;/h7,9-10,12-13H,11H2,1-6H3;4-7H,1-3H3;1-2H3;/q2*-1;;+2. The summed E-state index contributed by atoms with van der Waals surface area (Å²) in [4.78, 5) is 0. The molecule has 3 aromatic carbocycles. The van der Waals surface area contributed by atoms with Crippen molar-refractivity contribution >= 4 is 16.5 Å². The van der Waals surface area contributed by atoms with Gasteiger partial charge in [-0.05, 0) is 17.4 Å². The van der Waals surface area contributed by atoms with Gasteiger partial charge in [0.05, 0.1) is 0 Å². The van der Waals surface area contributed by atoms with Gasteiger partial charge in [-0.1, -0.05) is 95.9 Å². The zero-order chi connectivity index (χ0) is 25.9. The molecule has 0 radical (unpaired) electrons. The molecule has 0 heterocycles. The third kappa shape index (κ3) is 8.17. The molecule has 0 fully saturated rings. The van der Waals surface area contributed by atoms with Gasteiger partial charge in [-0.15, -0.1) is 5.56 Å². The van der Waals surface area contributed by atoms with Crippen LogP contribution in [-0.2, 0) is 41.5 Å². The summed E-state index contributed by atoms with van der Waals surface area (Å²) in [5.41, 5.74) is 8.76. The van der Waals surface area contributed by atoms with E-state index in [1.54, 1.807) is 29.4 Å². The number of hydrogen-bond donors (Lipinski definition) is 0. The van der Waals surface area contributed by atoms with E-state index >= 15 is 0 Å². The quantitative estimate of drug-likeness (QED) is 0.166. The van der Waals surface area contributed by atoms with Gasteiger partial charge in [-0.3, -0.25) is 0 Å². The fraction of sp³-hybridized carbons (Fsp3) is 0.438. The Labute approximate surface area is 225 Å². The van der Waals surface area contributed by atoms with Crippen LogP contribution in [0.2, 0.25) is 19.6 Å². The van der Waals surface area contributed by atoms with E-state index in [-0.39, 0.29) is 10.8 Å². The molecule has 0 atom stereocenters. The van der Waals surface area contributed by atoms with Crippen LogP contribution < -0.4 is 5.19 Å². The van der Waals surface area contributed by atoms with Crippen LogP contribution in [0.15, 0.2) is 54.6 Å². The van der Waals surface area contributed by atoms with Crippen molar-refractivity contribution < 1.29 is 24.2 Å². The van der Waals surface area contributed by atoms with E-state index in [1.807, 2.05) is 0 Å². The number of rotatable bonds is 1. The van der Waals surface area contributed by atoms with Crippen molar-refractivity contribution in [3.8, 4) is 11.1 Å². The van der Waals surface area contributed by atoms with Crippen molar-refractivity contribution in [2.45, 2.75) is 92.3 Å². The molecule has 34 heavy (non-hydrogen) atoms. The molecular formula is C32H44SiZr. The summed E-state index contributed by atoms with van der Waals surface area (Å²) in [7, 11) is -0.981. The zero-order valence-electron chi connectivity index (χ0n) is 23.4. The van der Waals surface area contributed by atoms with Gasteiger partial charge in [0.25, 0.3) is 0 Å². The first-order valence-electron chi connectivity index (χ1n) is 12.4. The molecule has 4 rings (SSSR count).